The van der Waals surface area contributed by atoms with Gasteiger partial charge in [-0.25, -0.2) is 4.98 Å². The van der Waals surface area contributed by atoms with E-state index in [1.54, 1.807) is 35.9 Å². The normalized spacial score (nSPS) is 10.7. The van der Waals surface area contributed by atoms with Crippen LogP contribution in [0.25, 0.3) is 16.9 Å². The van der Waals surface area contributed by atoms with E-state index in [1.165, 1.54) is 11.2 Å². The summed E-state index contributed by atoms with van der Waals surface area (Å²) >= 11 is 6.06. The molecule has 2 amide bonds. The summed E-state index contributed by atoms with van der Waals surface area (Å²) in [4.78, 5) is 32.6. The number of carbonyl (C=O) groups is 2. The van der Waals surface area contributed by atoms with E-state index in [0.717, 1.165) is 16.8 Å². The van der Waals surface area contributed by atoms with Crippen LogP contribution in [0.1, 0.15) is 16.1 Å². The van der Waals surface area contributed by atoms with Crippen LogP contribution in [0.5, 0.6) is 5.75 Å². The van der Waals surface area contributed by atoms with Crippen LogP contribution in [0.15, 0.2) is 108 Å². The first-order valence-electron chi connectivity index (χ1n) is 12.2. The fourth-order valence-electron chi connectivity index (χ4n) is 4.06. The summed E-state index contributed by atoms with van der Waals surface area (Å²) in [5.74, 6) is 0.368. The highest BCUT2D eigenvalue weighted by Gasteiger charge is 2.23. The van der Waals surface area contributed by atoms with Gasteiger partial charge in [-0.1, -0.05) is 54.1 Å². The molecule has 0 atom stereocenters. The van der Waals surface area contributed by atoms with Crippen molar-refractivity contribution in [3.8, 4) is 22.7 Å². The van der Waals surface area contributed by atoms with Crippen LogP contribution < -0.4 is 10.1 Å². The van der Waals surface area contributed by atoms with Gasteiger partial charge in [0.05, 0.1) is 19.1 Å². The molecule has 0 spiro atoms. The van der Waals surface area contributed by atoms with E-state index in [9.17, 15) is 9.59 Å². The van der Waals surface area contributed by atoms with E-state index >= 15 is 0 Å². The van der Waals surface area contributed by atoms with Crippen LogP contribution in [0.2, 0.25) is 5.02 Å². The first kappa shape index (κ1) is 25.8. The SMILES string of the molecule is COc1ccc(-n2cc(-c3ccc(Cl)cc3)nc2NC(=O)CN(Cc2ccccc2)C(=O)c2ccco2)cc1. The maximum atomic E-state index is 13.3. The van der Waals surface area contributed by atoms with Crippen molar-refractivity contribution in [3.63, 3.8) is 0 Å². The maximum Gasteiger partial charge on any atom is 0.290 e. The molecule has 0 fully saturated rings. The number of methoxy groups -OCH3 is 1. The van der Waals surface area contributed by atoms with Crippen LogP contribution in [0.3, 0.4) is 0 Å². The summed E-state index contributed by atoms with van der Waals surface area (Å²) in [6.07, 6.45) is 3.26. The molecule has 0 saturated carbocycles. The molecule has 196 valence electrons. The van der Waals surface area contributed by atoms with Gasteiger partial charge in [-0.05, 0) is 54.1 Å². The zero-order valence-corrected chi connectivity index (χ0v) is 21.8. The average molecular weight is 541 g/mol. The fourth-order valence-corrected chi connectivity index (χ4v) is 4.19. The molecule has 2 heterocycles. The number of furan rings is 1. The Morgan fingerprint density at radius 3 is 2.38 bits per heavy atom. The van der Waals surface area contributed by atoms with Crippen molar-refractivity contribution >= 4 is 29.4 Å². The minimum atomic E-state index is -0.408. The number of halogens is 1. The maximum absolute atomic E-state index is 13.3. The lowest BCUT2D eigenvalue weighted by Gasteiger charge is -2.21. The Kier molecular flexibility index (Phi) is 7.75. The van der Waals surface area contributed by atoms with E-state index in [-0.39, 0.29) is 24.8 Å². The topological polar surface area (TPSA) is 89.6 Å². The van der Waals surface area contributed by atoms with Gasteiger partial charge in [0.15, 0.2) is 5.76 Å². The second kappa shape index (κ2) is 11.7. The molecule has 0 saturated heterocycles. The third kappa shape index (κ3) is 6.19. The monoisotopic (exact) mass is 540 g/mol. The minimum Gasteiger partial charge on any atom is -0.497 e. The molecule has 39 heavy (non-hydrogen) atoms. The van der Waals surface area contributed by atoms with E-state index < -0.39 is 5.91 Å². The Hall–Kier alpha value is -4.82. The standard InChI is InChI=1S/C30H25ClN4O4/c1-38-25-15-13-24(14-16-25)35-19-26(22-9-11-23(31)12-10-22)32-30(35)33-28(36)20-34(18-21-6-3-2-4-7-21)29(37)27-8-5-17-39-27/h2-17,19H,18,20H2,1H3,(H,32,33,36). The number of hydrogen-bond acceptors (Lipinski definition) is 5. The first-order valence-corrected chi connectivity index (χ1v) is 12.5. The number of aromatic nitrogens is 2. The highest BCUT2D eigenvalue weighted by Crippen LogP contribution is 2.26. The van der Waals surface area contributed by atoms with Crippen molar-refractivity contribution in [2.75, 3.05) is 19.0 Å². The number of benzene rings is 3. The molecule has 0 radical (unpaired) electrons. The molecule has 3 aromatic carbocycles. The molecule has 0 aliphatic heterocycles. The largest absolute Gasteiger partial charge is 0.497 e. The zero-order valence-electron chi connectivity index (χ0n) is 21.1. The number of imidazole rings is 1. The highest BCUT2D eigenvalue weighted by atomic mass is 35.5. The molecular weight excluding hydrogens is 516 g/mol. The predicted octanol–water partition coefficient (Wildman–Crippen LogP) is 6.08. The Labute approximate surface area is 230 Å². The van der Waals surface area contributed by atoms with Gasteiger partial charge >= 0.3 is 0 Å². The summed E-state index contributed by atoms with van der Waals surface area (Å²) < 4.78 is 12.4. The molecule has 5 aromatic rings. The highest BCUT2D eigenvalue weighted by molar-refractivity contribution is 6.30. The van der Waals surface area contributed by atoms with Gasteiger partial charge in [0, 0.05) is 29.0 Å². The van der Waals surface area contributed by atoms with Gasteiger partial charge in [-0.3, -0.25) is 19.5 Å². The van der Waals surface area contributed by atoms with Crippen molar-refractivity contribution < 1.29 is 18.7 Å². The number of hydrogen-bond donors (Lipinski definition) is 1. The first-order chi connectivity index (χ1) is 19.0. The van der Waals surface area contributed by atoms with Crippen molar-refractivity contribution in [3.05, 3.63) is 120 Å². The van der Waals surface area contributed by atoms with Crippen LogP contribution >= 0.6 is 11.6 Å². The molecule has 0 unspecified atom stereocenters. The summed E-state index contributed by atoms with van der Waals surface area (Å²) in [7, 11) is 1.60. The number of nitrogens with one attached hydrogen (secondary N) is 1. The number of ether oxygens (including phenoxy) is 1. The molecule has 0 aliphatic carbocycles. The van der Waals surface area contributed by atoms with E-state index in [2.05, 4.69) is 10.3 Å². The van der Waals surface area contributed by atoms with Crippen molar-refractivity contribution in [1.82, 2.24) is 14.5 Å². The van der Waals surface area contributed by atoms with Crippen molar-refractivity contribution in [1.29, 1.82) is 0 Å². The fraction of sp³-hybridized carbons (Fsp3) is 0.100. The lowest BCUT2D eigenvalue weighted by atomic mass is 10.2. The van der Waals surface area contributed by atoms with Crippen LogP contribution in [0.4, 0.5) is 5.95 Å². The lowest BCUT2D eigenvalue weighted by molar-refractivity contribution is -0.117. The average Bonchev–Trinajstić information content (AvgIpc) is 3.64. The number of nitrogens with zero attached hydrogens (tertiary/aromatic N) is 3. The van der Waals surface area contributed by atoms with Gasteiger partial charge in [0.1, 0.15) is 12.3 Å². The molecule has 8 nitrogen and oxygen atoms in total. The van der Waals surface area contributed by atoms with E-state index in [1.807, 2.05) is 72.9 Å². The van der Waals surface area contributed by atoms with E-state index in [4.69, 9.17) is 20.8 Å². The Bertz CT molecular complexity index is 1550. The van der Waals surface area contributed by atoms with Crippen LogP contribution in [-0.2, 0) is 11.3 Å². The number of anilines is 1. The number of amides is 2. The van der Waals surface area contributed by atoms with Crippen LogP contribution in [0, 0.1) is 0 Å². The zero-order chi connectivity index (χ0) is 27.2. The molecule has 5 rings (SSSR count). The van der Waals surface area contributed by atoms with Crippen molar-refractivity contribution in [2.24, 2.45) is 0 Å². The van der Waals surface area contributed by atoms with Gasteiger partial charge in [-0.15, -0.1) is 0 Å². The summed E-state index contributed by atoms with van der Waals surface area (Å²) in [5, 5.41) is 3.50. The molecule has 2 aromatic heterocycles. The number of carbonyl (C=O) groups excluding carboxylic acids is 2. The smallest absolute Gasteiger partial charge is 0.290 e. The van der Waals surface area contributed by atoms with Gasteiger partial charge in [0.25, 0.3) is 5.91 Å². The summed E-state index contributed by atoms with van der Waals surface area (Å²) in [6.45, 7) is 0.0247. The third-order valence-corrected chi connectivity index (χ3v) is 6.27. The van der Waals surface area contributed by atoms with Gasteiger partial charge in [-0.2, -0.15) is 0 Å². The minimum absolute atomic E-state index is 0.156. The second-order valence-electron chi connectivity index (χ2n) is 8.70. The molecule has 9 heteroatoms. The quantitative estimate of drug-likeness (QED) is 0.245. The Balaban J connectivity index is 1.43. The van der Waals surface area contributed by atoms with Gasteiger partial charge in [0.2, 0.25) is 11.9 Å². The molecule has 1 N–H and O–H groups in total. The Morgan fingerprint density at radius 2 is 1.72 bits per heavy atom. The predicted molar refractivity (Wildman–Crippen MR) is 149 cm³/mol. The molecule has 0 bridgehead atoms. The van der Waals surface area contributed by atoms with Crippen LogP contribution in [-0.4, -0.2) is 39.9 Å². The molecular formula is C30H25ClN4O4. The lowest BCUT2D eigenvalue weighted by Crippen LogP contribution is -2.37. The van der Waals surface area contributed by atoms with Crippen molar-refractivity contribution in [2.45, 2.75) is 6.54 Å². The second-order valence-corrected chi connectivity index (χ2v) is 9.13. The number of rotatable bonds is 9. The Morgan fingerprint density at radius 1 is 0.974 bits per heavy atom. The summed E-state index contributed by atoms with van der Waals surface area (Å²) in [6, 6.07) is 27.3. The summed E-state index contributed by atoms with van der Waals surface area (Å²) in [5.41, 5.74) is 3.13. The van der Waals surface area contributed by atoms with E-state index in [0.29, 0.717) is 22.4 Å². The molecule has 0 aliphatic rings. The third-order valence-electron chi connectivity index (χ3n) is 6.02. The van der Waals surface area contributed by atoms with Gasteiger partial charge < -0.3 is 14.1 Å².